The van der Waals surface area contributed by atoms with Gasteiger partial charge in [0.15, 0.2) is 0 Å². The number of aliphatic hydroxyl groups excluding tert-OH is 1. The number of H-pyrrole nitrogens is 1. The van der Waals surface area contributed by atoms with Crippen LogP contribution in [-0.4, -0.2) is 27.4 Å². The van der Waals surface area contributed by atoms with E-state index in [9.17, 15) is 9.59 Å². The molecule has 1 aliphatic rings. The third-order valence-corrected chi connectivity index (χ3v) is 2.54. The van der Waals surface area contributed by atoms with Crippen LogP contribution in [0.25, 0.3) is 0 Å². The number of ether oxygens (including phenoxy) is 1. The van der Waals surface area contributed by atoms with Gasteiger partial charge in [0.25, 0.3) is 5.56 Å². The Morgan fingerprint density at radius 2 is 2.38 bits per heavy atom. The number of aromatic nitrogens is 2. The van der Waals surface area contributed by atoms with E-state index in [-0.39, 0.29) is 6.61 Å². The van der Waals surface area contributed by atoms with Crippen LogP contribution >= 0.6 is 0 Å². The van der Waals surface area contributed by atoms with Crippen molar-refractivity contribution in [2.45, 2.75) is 18.8 Å². The molecule has 1 aromatic rings. The van der Waals surface area contributed by atoms with Gasteiger partial charge in [-0.1, -0.05) is 6.58 Å². The van der Waals surface area contributed by atoms with Crippen LogP contribution in [0.4, 0.5) is 0 Å². The van der Waals surface area contributed by atoms with Crippen molar-refractivity contribution in [3.8, 4) is 0 Å². The van der Waals surface area contributed by atoms with E-state index < -0.39 is 23.6 Å². The molecule has 2 heterocycles. The van der Waals surface area contributed by atoms with E-state index in [1.54, 1.807) is 0 Å². The minimum absolute atomic E-state index is 0.159. The van der Waals surface area contributed by atoms with E-state index in [1.165, 1.54) is 16.8 Å². The molecule has 0 saturated carbocycles. The Balaban J connectivity index is 2.30. The summed E-state index contributed by atoms with van der Waals surface area (Å²) in [5.41, 5.74) is -0.230. The van der Waals surface area contributed by atoms with Gasteiger partial charge in [-0.3, -0.25) is 14.3 Å². The summed E-state index contributed by atoms with van der Waals surface area (Å²) in [6.07, 6.45) is 0.883. The number of hydrogen-bond donors (Lipinski definition) is 2. The monoisotopic (exact) mass is 224 g/mol. The second-order valence-corrected chi connectivity index (χ2v) is 3.64. The molecule has 1 aromatic heterocycles. The molecule has 1 aliphatic heterocycles. The average molecular weight is 224 g/mol. The highest BCUT2D eigenvalue weighted by atomic mass is 16.5. The van der Waals surface area contributed by atoms with E-state index >= 15 is 0 Å². The lowest BCUT2D eigenvalue weighted by atomic mass is 10.1. The molecule has 86 valence electrons. The zero-order chi connectivity index (χ0) is 11.7. The average Bonchev–Trinajstić information content (AvgIpc) is 2.59. The summed E-state index contributed by atoms with van der Waals surface area (Å²) in [7, 11) is 0. The number of nitrogens with one attached hydrogen (secondary N) is 1. The number of aromatic amines is 1. The van der Waals surface area contributed by atoms with E-state index in [2.05, 4.69) is 11.6 Å². The van der Waals surface area contributed by atoms with Crippen LogP contribution in [0.15, 0.2) is 34.0 Å². The maximum Gasteiger partial charge on any atom is 0.330 e. The fraction of sp³-hybridized carbons (Fsp3) is 0.400. The molecule has 0 radical (unpaired) electrons. The van der Waals surface area contributed by atoms with Crippen LogP contribution in [0.3, 0.4) is 0 Å². The summed E-state index contributed by atoms with van der Waals surface area (Å²) in [5.74, 6) is 0. The Hall–Kier alpha value is -1.66. The molecule has 1 fully saturated rings. The summed E-state index contributed by atoms with van der Waals surface area (Å²) >= 11 is 0. The minimum atomic E-state index is -0.524. The van der Waals surface area contributed by atoms with Crippen molar-refractivity contribution in [2.75, 3.05) is 6.61 Å². The van der Waals surface area contributed by atoms with Gasteiger partial charge in [0.2, 0.25) is 0 Å². The fourth-order valence-corrected chi connectivity index (χ4v) is 1.68. The van der Waals surface area contributed by atoms with Crippen molar-refractivity contribution in [1.82, 2.24) is 9.55 Å². The highest BCUT2D eigenvalue weighted by Crippen LogP contribution is 2.30. The van der Waals surface area contributed by atoms with E-state index in [1.807, 2.05) is 0 Å². The zero-order valence-electron chi connectivity index (χ0n) is 8.55. The van der Waals surface area contributed by atoms with Gasteiger partial charge in [-0.15, -0.1) is 0 Å². The Morgan fingerprint density at radius 1 is 1.62 bits per heavy atom. The van der Waals surface area contributed by atoms with Crippen LogP contribution in [0, 0.1) is 0 Å². The van der Waals surface area contributed by atoms with Crippen LogP contribution in [0.1, 0.15) is 12.6 Å². The second-order valence-electron chi connectivity index (χ2n) is 3.64. The maximum atomic E-state index is 11.5. The van der Waals surface area contributed by atoms with Crippen molar-refractivity contribution in [2.24, 2.45) is 0 Å². The summed E-state index contributed by atoms with van der Waals surface area (Å²) in [6, 6.07) is 1.25. The highest BCUT2D eigenvalue weighted by molar-refractivity contribution is 5.08. The van der Waals surface area contributed by atoms with Crippen LogP contribution in [0.5, 0.6) is 0 Å². The molecule has 0 bridgehead atoms. The summed E-state index contributed by atoms with van der Waals surface area (Å²) in [5, 5.41) is 8.98. The lowest BCUT2D eigenvalue weighted by Crippen LogP contribution is -2.31. The van der Waals surface area contributed by atoms with Gasteiger partial charge in [0, 0.05) is 18.7 Å². The van der Waals surface area contributed by atoms with Crippen molar-refractivity contribution in [1.29, 1.82) is 0 Å². The Labute approximate surface area is 90.8 Å². The maximum absolute atomic E-state index is 11.5. The first kappa shape index (κ1) is 10.8. The van der Waals surface area contributed by atoms with Gasteiger partial charge in [-0.25, -0.2) is 4.79 Å². The molecule has 2 N–H and O–H groups in total. The molecule has 6 heteroatoms. The molecular weight excluding hydrogens is 212 g/mol. The fourth-order valence-electron chi connectivity index (χ4n) is 1.68. The SMILES string of the molecule is C=C1CC(n2ccc(=O)[nH]c2=O)OC1CO. The lowest BCUT2D eigenvalue weighted by Gasteiger charge is -2.13. The lowest BCUT2D eigenvalue weighted by molar-refractivity contribution is -0.0188. The second kappa shape index (κ2) is 4.07. The van der Waals surface area contributed by atoms with Crippen molar-refractivity contribution in [3.63, 3.8) is 0 Å². The predicted molar refractivity (Wildman–Crippen MR) is 56.1 cm³/mol. The molecule has 6 nitrogen and oxygen atoms in total. The smallest absolute Gasteiger partial charge is 0.330 e. The first-order valence-electron chi connectivity index (χ1n) is 4.87. The van der Waals surface area contributed by atoms with E-state index in [4.69, 9.17) is 9.84 Å². The quantitative estimate of drug-likeness (QED) is 0.655. The molecule has 0 aromatic carbocycles. The van der Waals surface area contributed by atoms with Crippen LogP contribution < -0.4 is 11.2 Å². The molecule has 16 heavy (non-hydrogen) atoms. The first-order valence-corrected chi connectivity index (χ1v) is 4.87. The van der Waals surface area contributed by atoms with Gasteiger partial charge < -0.3 is 9.84 Å². The Bertz CT molecular complexity index is 516. The third-order valence-electron chi connectivity index (χ3n) is 2.54. The van der Waals surface area contributed by atoms with Gasteiger partial charge in [-0.05, 0) is 5.57 Å². The molecule has 2 unspecified atom stereocenters. The highest BCUT2D eigenvalue weighted by Gasteiger charge is 2.29. The molecule has 0 amide bonds. The largest absolute Gasteiger partial charge is 0.393 e. The van der Waals surface area contributed by atoms with Gasteiger partial charge >= 0.3 is 5.69 Å². The summed E-state index contributed by atoms with van der Waals surface area (Å²) in [4.78, 5) is 24.5. The molecular formula is C10H12N2O4. The predicted octanol–water partition coefficient (Wildman–Crippen LogP) is -0.627. The first-order chi connectivity index (χ1) is 7.61. The van der Waals surface area contributed by atoms with Gasteiger partial charge in [0.05, 0.1) is 6.61 Å². The number of hydrogen-bond acceptors (Lipinski definition) is 4. The Morgan fingerprint density at radius 3 is 2.94 bits per heavy atom. The normalized spacial score (nSPS) is 24.9. The van der Waals surface area contributed by atoms with E-state index in [0.717, 1.165) is 5.57 Å². The zero-order valence-corrected chi connectivity index (χ0v) is 8.55. The molecule has 0 aliphatic carbocycles. The summed E-state index contributed by atoms with van der Waals surface area (Å²) in [6.45, 7) is 3.60. The third kappa shape index (κ3) is 1.84. The molecule has 1 saturated heterocycles. The Kier molecular flexibility index (Phi) is 2.76. The number of nitrogens with zero attached hydrogens (tertiary/aromatic N) is 1. The van der Waals surface area contributed by atoms with Gasteiger partial charge in [-0.2, -0.15) is 0 Å². The minimum Gasteiger partial charge on any atom is -0.393 e. The number of aliphatic hydroxyl groups is 1. The molecule has 2 rings (SSSR count). The van der Waals surface area contributed by atoms with Crippen LogP contribution in [-0.2, 0) is 4.74 Å². The van der Waals surface area contributed by atoms with Crippen molar-refractivity contribution in [3.05, 3.63) is 45.3 Å². The van der Waals surface area contributed by atoms with Crippen molar-refractivity contribution < 1.29 is 9.84 Å². The summed E-state index contributed by atoms with van der Waals surface area (Å²) < 4.78 is 6.70. The number of rotatable bonds is 2. The van der Waals surface area contributed by atoms with E-state index in [0.29, 0.717) is 6.42 Å². The molecule has 0 spiro atoms. The molecule has 2 atom stereocenters. The van der Waals surface area contributed by atoms with Crippen molar-refractivity contribution >= 4 is 0 Å². The van der Waals surface area contributed by atoms with Crippen LogP contribution in [0.2, 0.25) is 0 Å². The topological polar surface area (TPSA) is 84.3 Å². The standard InChI is InChI=1S/C10H12N2O4/c1-6-4-9(16-7(6)5-13)12-3-2-8(14)11-10(12)15/h2-3,7,9,13H,1,4-5H2,(H,11,14,15). The van der Waals surface area contributed by atoms with Gasteiger partial charge in [0.1, 0.15) is 12.3 Å².